The Morgan fingerprint density at radius 1 is 1.47 bits per heavy atom. The van der Waals surface area contributed by atoms with E-state index in [4.69, 9.17) is 10.6 Å². The molecule has 0 radical (unpaired) electrons. The van der Waals surface area contributed by atoms with E-state index in [2.05, 4.69) is 22.4 Å². The van der Waals surface area contributed by atoms with Crippen molar-refractivity contribution < 1.29 is 4.74 Å². The van der Waals surface area contributed by atoms with Crippen LogP contribution in [-0.2, 0) is 7.05 Å². The minimum atomic E-state index is -0.195. The first-order valence-corrected chi connectivity index (χ1v) is 6.28. The molecule has 0 aliphatic carbocycles. The summed E-state index contributed by atoms with van der Waals surface area (Å²) < 4.78 is 7.32. The van der Waals surface area contributed by atoms with Crippen LogP contribution in [0.2, 0.25) is 0 Å². The van der Waals surface area contributed by atoms with E-state index in [-0.39, 0.29) is 6.04 Å². The molecule has 0 aliphatic rings. The Morgan fingerprint density at radius 2 is 2.32 bits per heavy atom. The van der Waals surface area contributed by atoms with Crippen molar-refractivity contribution in [2.75, 3.05) is 6.61 Å². The van der Waals surface area contributed by atoms with Gasteiger partial charge in [-0.05, 0) is 24.1 Å². The predicted molar refractivity (Wildman–Crippen MR) is 72.4 cm³/mol. The summed E-state index contributed by atoms with van der Waals surface area (Å²) in [6.45, 7) is 2.74. The van der Waals surface area contributed by atoms with E-state index in [1.54, 1.807) is 17.1 Å². The molecule has 6 heteroatoms. The highest BCUT2D eigenvalue weighted by molar-refractivity contribution is 5.30. The lowest BCUT2D eigenvalue weighted by molar-refractivity contribution is 0.315. The molecule has 0 aliphatic heterocycles. The Balaban J connectivity index is 2.23. The maximum Gasteiger partial charge on any atom is 0.137 e. The molecule has 19 heavy (non-hydrogen) atoms. The van der Waals surface area contributed by atoms with Gasteiger partial charge < -0.3 is 4.74 Å². The van der Waals surface area contributed by atoms with E-state index in [0.717, 1.165) is 23.4 Å². The number of pyridine rings is 1. The van der Waals surface area contributed by atoms with Gasteiger partial charge in [-0.3, -0.25) is 15.5 Å². The Labute approximate surface area is 112 Å². The lowest BCUT2D eigenvalue weighted by Crippen LogP contribution is -2.29. The van der Waals surface area contributed by atoms with Crippen LogP contribution >= 0.6 is 0 Å². The van der Waals surface area contributed by atoms with E-state index in [1.165, 1.54) is 0 Å². The summed E-state index contributed by atoms with van der Waals surface area (Å²) in [5.41, 5.74) is 4.53. The third-order valence-electron chi connectivity index (χ3n) is 2.74. The predicted octanol–water partition coefficient (Wildman–Crippen LogP) is 1.16. The summed E-state index contributed by atoms with van der Waals surface area (Å²) in [6.07, 6.45) is 6.30. The van der Waals surface area contributed by atoms with Gasteiger partial charge >= 0.3 is 0 Å². The van der Waals surface area contributed by atoms with Crippen molar-refractivity contribution >= 4 is 0 Å². The Bertz CT molecular complexity index is 525. The summed E-state index contributed by atoms with van der Waals surface area (Å²) >= 11 is 0. The summed E-state index contributed by atoms with van der Waals surface area (Å²) in [5, 5.41) is 4.36. The highest BCUT2D eigenvalue weighted by atomic mass is 16.5. The van der Waals surface area contributed by atoms with E-state index in [1.807, 2.05) is 25.4 Å². The fourth-order valence-electron chi connectivity index (χ4n) is 1.83. The van der Waals surface area contributed by atoms with Crippen molar-refractivity contribution in [2.24, 2.45) is 12.9 Å². The minimum absolute atomic E-state index is 0.195. The van der Waals surface area contributed by atoms with Crippen LogP contribution in [0.4, 0.5) is 0 Å². The Kier molecular flexibility index (Phi) is 4.48. The second kappa shape index (κ2) is 6.31. The first kappa shape index (κ1) is 13.5. The maximum absolute atomic E-state index is 5.63. The number of aromatic nitrogens is 3. The monoisotopic (exact) mass is 261 g/mol. The van der Waals surface area contributed by atoms with Gasteiger partial charge in [-0.1, -0.05) is 6.92 Å². The van der Waals surface area contributed by atoms with Crippen molar-refractivity contribution in [1.29, 1.82) is 0 Å². The molecule has 6 nitrogen and oxygen atoms in total. The van der Waals surface area contributed by atoms with E-state index in [0.29, 0.717) is 6.61 Å². The number of rotatable bonds is 6. The molecule has 3 N–H and O–H groups in total. The largest absolute Gasteiger partial charge is 0.492 e. The van der Waals surface area contributed by atoms with Gasteiger partial charge in [-0.2, -0.15) is 5.10 Å². The molecular formula is C13H19N5O. The second-order valence-electron chi connectivity index (χ2n) is 4.32. The molecule has 0 fully saturated rings. The maximum atomic E-state index is 5.63. The van der Waals surface area contributed by atoms with Gasteiger partial charge in [0.15, 0.2) is 0 Å². The molecule has 102 valence electrons. The van der Waals surface area contributed by atoms with Gasteiger partial charge in [0, 0.05) is 19.4 Å². The van der Waals surface area contributed by atoms with Crippen molar-refractivity contribution in [2.45, 2.75) is 19.4 Å². The van der Waals surface area contributed by atoms with Gasteiger partial charge in [0.25, 0.3) is 0 Å². The van der Waals surface area contributed by atoms with E-state index in [9.17, 15) is 0 Å². The second-order valence-corrected chi connectivity index (χ2v) is 4.32. The van der Waals surface area contributed by atoms with Crippen LogP contribution < -0.4 is 16.0 Å². The summed E-state index contributed by atoms with van der Waals surface area (Å²) in [6, 6.07) is 3.66. The minimum Gasteiger partial charge on any atom is -0.492 e. The van der Waals surface area contributed by atoms with Crippen LogP contribution in [0.15, 0.2) is 30.7 Å². The van der Waals surface area contributed by atoms with Gasteiger partial charge in [-0.25, -0.2) is 5.43 Å². The molecule has 0 bridgehead atoms. The third kappa shape index (κ3) is 3.30. The number of nitrogens with two attached hydrogens (primary N) is 1. The van der Waals surface area contributed by atoms with E-state index >= 15 is 0 Å². The van der Waals surface area contributed by atoms with Gasteiger partial charge in [0.1, 0.15) is 5.75 Å². The molecule has 0 spiro atoms. The third-order valence-corrected chi connectivity index (χ3v) is 2.74. The number of ether oxygens (including phenoxy) is 1. The quantitative estimate of drug-likeness (QED) is 0.602. The first-order valence-electron chi connectivity index (χ1n) is 6.28. The van der Waals surface area contributed by atoms with Gasteiger partial charge in [0.05, 0.1) is 24.5 Å². The zero-order valence-electron chi connectivity index (χ0n) is 11.2. The number of hydrogen-bond donors (Lipinski definition) is 2. The van der Waals surface area contributed by atoms with Crippen LogP contribution in [0.25, 0.3) is 0 Å². The molecule has 0 amide bonds. The van der Waals surface area contributed by atoms with Crippen LogP contribution in [0.1, 0.15) is 30.6 Å². The zero-order valence-corrected chi connectivity index (χ0v) is 11.2. The van der Waals surface area contributed by atoms with Crippen LogP contribution in [-0.4, -0.2) is 21.4 Å². The lowest BCUT2D eigenvalue weighted by Gasteiger charge is -2.14. The van der Waals surface area contributed by atoms with Crippen LogP contribution in [0.3, 0.4) is 0 Å². The van der Waals surface area contributed by atoms with Crippen molar-refractivity contribution in [3.05, 3.63) is 42.0 Å². The van der Waals surface area contributed by atoms with Crippen LogP contribution in [0, 0.1) is 0 Å². The average Bonchev–Trinajstić information content (AvgIpc) is 2.84. The standard InChI is InChI=1S/C13H19N5O/c1-3-6-19-11-7-10(8-15-9-11)13(16-14)12-4-5-18(2)17-12/h4-5,7-9,13,16H,3,6,14H2,1-2H3. The first-order chi connectivity index (χ1) is 9.24. The molecular weight excluding hydrogens is 242 g/mol. The van der Waals surface area contributed by atoms with Crippen molar-refractivity contribution in [3.8, 4) is 5.75 Å². The van der Waals surface area contributed by atoms with Gasteiger partial charge in [-0.15, -0.1) is 0 Å². The Hall–Kier alpha value is -1.92. The normalized spacial score (nSPS) is 12.4. The number of nitrogens with zero attached hydrogens (tertiary/aromatic N) is 3. The number of aryl methyl sites for hydroxylation is 1. The van der Waals surface area contributed by atoms with E-state index < -0.39 is 0 Å². The molecule has 2 rings (SSSR count). The number of hydrogen-bond acceptors (Lipinski definition) is 5. The number of nitrogens with one attached hydrogen (secondary N) is 1. The zero-order chi connectivity index (χ0) is 13.7. The average molecular weight is 261 g/mol. The Morgan fingerprint density at radius 3 is 2.95 bits per heavy atom. The molecule has 0 saturated heterocycles. The van der Waals surface area contributed by atoms with Crippen molar-refractivity contribution in [1.82, 2.24) is 20.2 Å². The topological polar surface area (TPSA) is 78.0 Å². The van der Waals surface area contributed by atoms with Gasteiger partial charge in [0.2, 0.25) is 0 Å². The molecule has 1 atom stereocenters. The lowest BCUT2D eigenvalue weighted by atomic mass is 10.1. The summed E-state index contributed by atoms with van der Waals surface area (Å²) in [7, 11) is 1.87. The smallest absolute Gasteiger partial charge is 0.137 e. The summed E-state index contributed by atoms with van der Waals surface area (Å²) in [5.74, 6) is 6.37. The summed E-state index contributed by atoms with van der Waals surface area (Å²) in [4.78, 5) is 4.18. The molecule has 1 unspecified atom stereocenters. The van der Waals surface area contributed by atoms with Crippen molar-refractivity contribution in [3.63, 3.8) is 0 Å². The molecule has 0 aromatic carbocycles. The highest BCUT2D eigenvalue weighted by Gasteiger charge is 2.16. The fourth-order valence-corrected chi connectivity index (χ4v) is 1.83. The van der Waals surface area contributed by atoms with Crippen LogP contribution in [0.5, 0.6) is 5.75 Å². The highest BCUT2D eigenvalue weighted by Crippen LogP contribution is 2.22. The molecule has 2 aromatic heterocycles. The SMILES string of the molecule is CCCOc1cncc(C(NN)c2ccn(C)n2)c1. The molecule has 2 aromatic rings. The fraction of sp³-hybridized carbons (Fsp3) is 0.385. The molecule has 2 heterocycles. The molecule has 0 saturated carbocycles. The number of hydrazine groups is 1.